The van der Waals surface area contributed by atoms with Crippen LogP contribution in [0.15, 0.2) is 47.8 Å². The smallest absolute Gasteiger partial charge is 0.259 e. The van der Waals surface area contributed by atoms with Crippen LogP contribution in [0.1, 0.15) is 21.1 Å². The molecule has 1 heterocycles. The van der Waals surface area contributed by atoms with E-state index in [0.717, 1.165) is 10.7 Å². The van der Waals surface area contributed by atoms with Crippen molar-refractivity contribution in [2.24, 2.45) is 0 Å². The van der Waals surface area contributed by atoms with Crippen molar-refractivity contribution in [1.29, 1.82) is 0 Å². The number of benzene rings is 2. The van der Waals surface area contributed by atoms with Crippen LogP contribution in [0.2, 0.25) is 5.02 Å². The topological polar surface area (TPSA) is 60.5 Å². The Morgan fingerprint density at radius 1 is 1.23 bits per heavy atom. The molecule has 0 radical (unpaired) electrons. The van der Waals surface area contributed by atoms with Crippen molar-refractivity contribution in [3.8, 4) is 11.5 Å². The Bertz CT molecular complexity index is 927. The number of hydrogen-bond donors (Lipinski definition) is 1. The quantitative estimate of drug-likeness (QED) is 0.649. The summed E-state index contributed by atoms with van der Waals surface area (Å²) in [4.78, 5) is 17.1. The number of halogens is 1. The number of aromatic nitrogens is 1. The highest BCUT2D eigenvalue weighted by Crippen LogP contribution is 2.29. The molecule has 1 N–H and O–H groups in total. The highest BCUT2D eigenvalue weighted by Gasteiger charge is 2.15. The first kappa shape index (κ1) is 18.2. The van der Waals surface area contributed by atoms with E-state index in [1.165, 1.54) is 7.11 Å². The first-order valence-electron chi connectivity index (χ1n) is 7.84. The second-order valence-electron chi connectivity index (χ2n) is 5.44. The van der Waals surface area contributed by atoms with Crippen molar-refractivity contribution in [2.75, 3.05) is 12.4 Å². The summed E-state index contributed by atoms with van der Waals surface area (Å²) >= 11 is 7.58. The van der Waals surface area contributed by atoms with Crippen LogP contribution >= 0.6 is 22.9 Å². The van der Waals surface area contributed by atoms with Crippen LogP contribution < -0.4 is 14.8 Å². The molecule has 2 aromatic carbocycles. The summed E-state index contributed by atoms with van der Waals surface area (Å²) < 4.78 is 11.1. The molecule has 7 heteroatoms. The number of nitrogens with one attached hydrogen (secondary N) is 1. The van der Waals surface area contributed by atoms with Crippen molar-refractivity contribution in [1.82, 2.24) is 4.98 Å². The number of para-hydroxylation sites is 1. The third-order valence-corrected chi connectivity index (χ3v) is 4.64. The van der Waals surface area contributed by atoms with Crippen LogP contribution in [0.5, 0.6) is 11.5 Å². The lowest BCUT2D eigenvalue weighted by Crippen LogP contribution is -2.14. The molecule has 1 amide bonds. The van der Waals surface area contributed by atoms with Crippen LogP contribution in [0.4, 0.5) is 5.69 Å². The van der Waals surface area contributed by atoms with Crippen LogP contribution in [0.25, 0.3) is 0 Å². The van der Waals surface area contributed by atoms with Gasteiger partial charge in [0.2, 0.25) is 0 Å². The van der Waals surface area contributed by atoms with E-state index in [1.807, 2.05) is 18.4 Å². The first-order chi connectivity index (χ1) is 12.6. The molecule has 5 nitrogen and oxygen atoms in total. The Morgan fingerprint density at radius 3 is 2.77 bits per heavy atom. The second-order valence-corrected chi connectivity index (χ2v) is 6.94. The summed E-state index contributed by atoms with van der Waals surface area (Å²) in [5.74, 6) is 0.700. The molecule has 0 spiro atoms. The standard InChI is InChI=1S/C19H17ClN2O3S/c1-12-21-14(11-26-12)10-25-17-6-4-3-5-15(17)19(23)22-16-9-13(20)7-8-18(16)24-2/h3-9,11H,10H2,1-2H3,(H,22,23). The van der Waals surface area contributed by atoms with E-state index < -0.39 is 0 Å². The lowest BCUT2D eigenvalue weighted by atomic mass is 10.1. The summed E-state index contributed by atoms with van der Waals surface area (Å²) in [6, 6.07) is 12.1. The fourth-order valence-corrected chi connectivity index (χ4v) is 3.14. The molecule has 0 atom stereocenters. The lowest BCUT2D eigenvalue weighted by molar-refractivity contribution is 0.102. The number of thiazole rings is 1. The third kappa shape index (κ3) is 4.33. The molecule has 0 unspecified atom stereocenters. The van der Waals surface area contributed by atoms with Gasteiger partial charge in [-0.25, -0.2) is 4.98 Å². The Kier molecular flexibility index (Phi) is 5.75. The van der Waals surface area contributed by atoms with E-state index in [9.17, 15) is 4.79 Å². The minimum Gasteiger partial charge on any atom is -0.495 e. The number of amides is 1. The van der Waals surface area contributed by atoms with E-state index >= 15 is 0 Å². The molecular formula is C19H17ClN2O3S. The van der Waals surface area contributed by atoms with Gasteiger partial charge in [0.15, 0.2) is 0 Å². The van der Waals surface area contributed by atoms with Gasteiger partial charge in [-0.15, -0.1) is 11.3 Å². The number of aryl methyl sites for hydroxylation is 1. The van der Waals surface area contributed by atoms with E-state index in [1.54, 1.807) is 47.7 Å². The molecule has 1 aromatic heterocycles. The lowest BCUT2D eigenvalue weighted by Gasteiger charge is -2.13. The molecule has 26 heavy (non-hydrogen) atoms. The average Bonchev–Trinajstić information content (AvgIpc) is 3.06. The highest BCUT2D eigenvalue weighted by atomic mass is 35.5. The molecule has 3 rings (SSSR count). The van der Waals surface area contributed by atoms with Crippen LogP contribution in [-0.2, 0) is 6.61 Å². The van der Waals surface area contributed by atoms with E-state index in [4.69, 9.17) is 21.1 Å². The van der Waals surface area contributed by atoms with Crippen molar-refractivity contribution in [2.45, 2.75) is 13.5 Å². The number of rotatable bonds is 6. The average molecular weight is 389 g/mol. The SMILES string of the molecule is COc1ccc(Cl)cc1NC(=O)c1ccccc1OCc1csc(C)n1. The van der Waals surface area contributed by atoms with Gasteiger partial charge in [-0.1, -0.05) is 23.7 Å². The fourth-order valence-electron chi connectivity index (χ4n) is 2.37. The van der Waals surface area contributed by atoms with Gasteiger partial charge in [0.1, 0.15) is 18.1 Å². The summed E-state index contributed by atoms with van der Waals surface area (Å²) in [5, 5.41) is 6.24. The number of carbonyl (C=O) groups excluding carboxylic acids is 1. The normalized spacial score (nSPS) is 10.4. The maximum atomic E-state index is 12.7. The molecule has 0 fully saturated rings. The van der Waals surface area contributed by atoms with Crippen molar-refractivity contribution in [3.63, 3.8) is 0 Å². The zero-order valence-corrected chi connectivity index (χ0v) is 15.9. The molecular weight excluding hydrogens is 372 g/mol. The Morgan fingerprint density at radius 2 is 2.04 bits per heavy atom. The monoisotopic (exact) mass is 388 g/mol. The van der Waals surface area contributed by atoms with Gasteiger partial charge in [0.05, 0.1) is 29.1 Å². The predicted molar refractivity (Wildman–Crippen MR) is 104 cm³/mol. The van der Waals surface area contributed by atoms with Crippen molar-refractivity contribution >= 4 is 34.5 Å². The number of ether oxygens (including phenoxy) is 2. The van der Waals surface area contributed by atoms with Gasteiger partial charge in [-0.05, 0) is 37.3 Å². The van der Waals surface area contributed by atoms with Gasteiger partial charge < -0.3 is 14.8 Å². The maximum absolute atomic E-state index is 12.7. The fraction of sp³-hybridized carbons (Fsp3) is 0.158. The predicted octanol–water partition coefficient (Wildman–Crippen LogP) is 4.94. The minimum absolute atomic E-state index is 0.301. The van der Waals surface area contributed by atoms with E-state index in [2.05, 4.69) is 10.3 Å². The zero-order chi connectivity index (χ0) is 18.5. The van der Waals surface area contributed by atoms with Gasteiger partial charge in [-0.2, -0.15) is 0 Å². The number of anilines is 1. The molecule has 0 aliphatic rings. The number of nitrogens with zero attached hydrogens (tertiary/aromatic N) is 1. The molecule has 0 bridgehead atoms. The molecule has 0 saturated heterocycles. The van der Waals surface area contributed by atoms with Crippen LogP contribution in [-0.4, -0.2) is 18.0 Å². The first-order valence-corrected chi connectivity index (χ1v) is 9.10. The Hall–Kier alpha value is -2.57. The Labute approximate surface area is 160 Å². The van der Waals surface area contributed by atoms with Crippen molar-refractivity contribution in [3.05, 3.63) is 69.1 Å². The highest BCUT2D eigenvalue weighted by molar-refractivity contribution is 7.09. The number of methoxy groups -OCH3 is 1. The van der Waals surface area contributed by atoms with Gasteiger partial charge >= 0.3 is 0 Å². The van der Waals surface area contributed by atoms with E-state index in [0.29, 0.717) is 34.4 Å². The zero-order valence-electron chi connectivity index (χ0n) is 14.3. The maximum Gasteiger partial charge on any atom is 0.259 e. The molecule has 0 aliphatic heterocycles. The molecule has 134 valence electrons. The molecule has 0 saturated carbocycles. The van der Waals surface area contributed by atoms with Crippen molar-refractivity contribution < 1.29 is 14.3 Å². The summed E-state index contributed by atoms with van der Waals surface area (Å²) in [6.07, 6.45) is 0. The number of hydrogen-bond acceptors (Lipinski definition) is 5. The van der Waals surface area contributed by atoms with Crippen LogP contribution in [0.3, 0.4) is 0 Å². The Balaban J connectivity index is 1.78. The van der Waals surface area contributed by atoms with Gasteiger partial charge in [0, 0.05) is 10.4 Å². The summed E-state index contributed by atoms with van der Waals surface area (Å²) in [6.45, 7) is 2.24. The number of carbonyl (C=O) groups is 1. The van der Waals surface area contributed by atoms with Gasteiger partial charge in [-0.3, -0.25) is 4.79 Å². The summed E-state index contributed by atoms with van der Waals surface area (Å²) in [7, 11) is 1.53. The second kappa shape index (κ2) is 8.21. The molecule has 0 aliphatic carbocycles. The minimum atomic E-state index is -0.310. The van der Waals surface area contributed by atoms with E-state index in [-0.39, 0.29) is 5.91 Å². The third-order valence-electron chi connectivity index (χ3n) is 3.58. The van der Waals surface area contributed by atoms with Crippen LogP contribution in [0, 0.1) is 6.92 Å². The summed E-state index contributed by atoms with van der Waals surface area (Å²) in [5.41, 5.74) is 1.75. The largest absolute Gasteiger partial charge is 0.495 e. The molecule has 3 aromatic rings. The van der Waals surface area contributed by atoms with Gasteiger partial charge in [0.25, 0.3) is 5.91 Å².